The Morgan fingerprint density at radius 3 is 1.77 bits per heavy atom. The second kappa shape index (κ2) is 17.4. The van der Waals surface area contributed by atoms with E-state index >= 15 is 0 Å². The smallest absolute Gasteiger partial charge is 0.184 e. The number of ether oxygens (including phenoxy) is 4. The van der Waals surface area contributed by atoms with Gasteiger partial charge in [0.05, 0.1) is 6.61 Å². The van der Waals surface area contributed by atoms with E-state index in [2.05, 4.69) is 20.8 Å². The molecule has 1 N–H and O–H groups in total. The van der Waals surface area contributed by atoms with Crippen LogP contribution in [0.4, 0.5) is 0 Å². The van der Waals surface area contributed by atoms with E-state index in [9.17, 15) is 5.11 Å². The first kappa shape index (κ1) is 26.3. The van der Waals surface area contributed by atoms with Gasteiger partial charge in [-0.05, 0) is 19.3 Å². The van der Waals surface area contributed by atoms with E-state index in [-0.39, 0.29) is 29.2 Å². The van der Waals surface area contributed by atoms with Gasteiger partial charge in [-0.3, -0.25) is 0 Å². The summed E-state index contributed by atoms with van der Waals surface area (Å²) in [6, 6.07) is 0. The minimum absolute atomic E-state index is 0. The number of aliphatic hydroxyl groups is 1. The molecule has 1 rings (SSSR count). The summed E-state index contributed by atoms with van der Waals surface area (Å²) in [5.74, 6) is 0. The normalized spacial score (nSPS) is 25.4. The number of rotatable bonds is 16. The number of unbranched alkanes of at least 4 members (excludes halogenated alkanes) is 6. The van der Waals surface area contributed by atoms with Gasteiger partial charge in [-0.25, -0.2) is 0 Å². The van der Waals surface area contributed by atoms with Crippen LogP contribution < -0.4 is 0 Å². The highest BCUT2D eigenvalue weighted by molar-refractivity contribution is 8.93. The van der Waals surface area contributed by atoms with Crippen molar-refractivity contribution in [3.8, 4) is 0 Å². The predicted molar refractivity (Wildman–Crippen MR) is 110 cm³/mol. The molecule has 0 spiro atoms. The van der Waals surface area contributed by atoms with Gasteiger partial charge in [0.15, 0.2) is 6.29 Å². The third-order valence-corrected chi connectivity index (χ3v) is 4.58. The van der Waals surface area contributed by atoms with E-state index in [1.165, 1.54) is 12.8 Å². The molecule has 0 bridgehead atoms. The number of hydrogen-bond donors (Lipinski definition) is 1. The molecule has 158 valence electrons. The standard InChI is InChI=1S/C20H40O5.BrH/c1-4-7-10-13-22-16-17-18(23-14-11-8-5-2)19(20(21)25-17)24-15-12-9-6-3;/h17-21H,4-16H2,1-3H3;1H/t17-,18-,19-,20?;/m1./s1. The molecule has 0 aromatic heterocycles. The van der Waals surface area contributed by atoms with Crippen molar-refractivity contribution < 1.29 is 24.1 Å². The average Bonchev–Trinajstić information content (AvgIpc) is 2.90. The molecule has 1 aliphatic heterocycles. The first-order valence-corrected chi connectivity index (χ1v) is 10.4. The second-order valence-electron chi connectivity index (χ2n) is 6.93. The quantitative estimate of drug-likeness (QED) is 0.354. The number of halogens is 1. The van der Waals surface area contributed by atoms with Crippen LogP contribution in [0.1, 0.15) is 78.6 Å². The van der Waals surface area contributed by atoms with Crippen LogP contribution >= 0.6 is 17.0 Å². The Labute approximate surface area is 170 Å². The molecule has 0 aromatic rings. The molecule has 1 heterocycles. The zero-order valence-corrected chi connectivity index (χ0v) is 18.7. The third kappa shape index (κ3) is 10.6. The van der Waals surface area contributed by atoms with Gasteiger partial charge >= 0.3 is 0 Å². The maximum absolute atomic E-state index is 10.2. The largest absolute Gasteiger partial charge is 0.379 e. The molecule has 0 saturated carbocycles. The SMILES string of the molecule is Br.CCCCCOC[C@H]1OC(O)[C@H](OCCCCC)[C@@H]1OCCCCC. The van der Waals surface area contributed by atoms with Gasteiger partial charge in [0.2, 0.25) is 0 Å². The van der Waals surface area contributed by atoms with Crippen LogP contribution in [0.5, 0.6) is 0 Å². The van der Waals surface area contributed by atoms with Crippen molar-refractivity contribution in [2.45, 2.75) is 103 Å². The molecule has 1 aliphatic rings. The van der Waals surface area contributed by atoms with Crippen molar-refractivity contribution in [1.82, 2.24) is 0 Å². The molecule has 0 amide bonds. The summed E-state index contributed by atoms with van der Waals surface area (Å²) in [5.41, 5.74) is 0. The number of aliphatic hydroxyl groups excluding tert-OH is 1. The molecule has 6 heteroatoms. The van der Waals surface area contributed by atoms with Crippen molar-refractivity contribution in [2.75, 3.05) is 26.4 Å². The topological polar surface area (TPSA) is 57.2 Å². The Kier molecular flexibility index (Phi) is 17.6. The third-order valence-electron chi connectivity index (χ3n) is 4.58. The summed E-state index contributed by atoms with van der Waals surface area (Å²) in [6.07, 6.45) is 8.19. The Hall–Kier alpha value is 0.280. The van der Waals surface area contributed by atoms with E-state index < -0.39 is 12.4 Å². The maximum Gasteiger partial charge on any atom is 0.184 e. The van der Waals surface area contributed by atoms with E-state index in [1.54, 1.807) is 0 Å². The lowest BCUT2D eigenvalue weighted by Gasteiger charge is -2.24. The van der Waals surface area contributed by atoms with Gasteiger partial charge in [0.25, 0.3) is 0 Å². The molecule has 5 nitrogen and oxygen atoms in total. The highest BCUT2D eigenvalue weighted by atomic mass is 79.9. The molecule has 0 aliphatic carbocycles. The summed E-state index contributed by atoms with van der Waals surface area (Å²) in [7, 11) is 0. The van der Waals surface area contributed by atoms with Crippen LogP contribution in [-0.4, -0.2) is 56.1 Å². The summed E-state index contributed by atoms with van der Waals surface area (Å²) in [4.78, 5) is 0. The minimum atomic E-state index is -0.929. The lowest BCUT2D eigenvalue weighted by atomic mass is 10.1. The zero-order valence-electron chi connectivity index (χ0n) is 17.0. The highest BCUT2D eigenvalue weighted by Crippen LogP contribution is 2.26. The van der Waals surface area contributed by atoms with E-state index in [0.717, 1.165) is 51.6 Å². The summed E-state index contributed by atoms with van der Waals surface area (Å²) < 4.78 is 23.4. The molecular formula is C20H41BrO5. The van der Waals surface area contributed by atoms with Gasteiger partial charge in [-0.1, -0.05) is 59.3 Å². The van der Waals surface area contributed by atoms with Crippen LogP contribution in [-0.2, 0) is 18.9 Å². The van der Waals surface area contributed by atoms with E-state index in [1.807, 2.05) is 0 Å². The fraction of sp³-hybridized carbons (Fsp3) is 1.00. The lowest BCUT2D eigenvalue weighted by molar-refractivity contribution is -0.150. The van der Waals surface area contributed by atoms with Crippen LogP contribution in [0.25, 0.3) is 0 Å². The summed E-state index contributed by atoms with van der Waals surface area (Å²) in [6.45, 7) is 9.02. The van der Waals surface area contributed by atoms with Gasteiger partial charge in [-0.15, -0.1) is 17.0 Å². The fourth-order valence-electron chi connectivity index (χ4n) is 3.02. The molecule has 4 atom stereocenters. The van der Waals surface area contributed by atoms with Crippen molar-refractivity contribution >= 4 is 17.0 Å². The van der Waals surface area contributed by atoms with Crippen LogP contribution in [0, 0.1) is 0 Å². The zero-order chi connectivity index (χ0) is 18.3. The van der Waals surface area contributed by atoms with Gasteiger partial charge < -0.3 is 24.1 Å². The molecule has 26 heavy (non-hydrogen) atoms. The molecule has 1 saturated heterocycles. The molecule has 0 radical (unpaired) electrons. The second-order valence-corrected chi connectivity index (χ2v) is 6.93. The number of hydrogen-bond acceptors (Lipinski definition) is 5. The summed E-state index contributed by atoms with van der Waals surface area (Å²) in [5, 5.41) is 10.2. The Bertz CT molecular complexity index is 306. The molecule has 1 unspecified atom stereocenters. The summed E-state index contributed by atoms with van der Waals surface area (Å²) >= 11 is 0. The van der Waals surface area contributed by atoms with Crippen molar-refractivity contribution in [3.05, 3.63) is 0 Å². The van der Waals surface area contributed by atoms with Crippen LogP contribution in [0.2, 0.25) is 0 Å². The minimum Gasteiger partial charge on any atom is -0.379 e. The molecular weight excluding hydrogens is 400 g/mol. The van der Waals surface area contributed by atoms with E-state index in [4.69, 9.17) is 18.9 Å². The maximum atomic E-state index is 10.2. The van der Waals surface area contributed by atoms with Gasteiger partial charge in [0.1, 0.15) is 18.3 Å². The van der Waals surface area contributed by atoms with Crippen molar-refractivity contribution in [1.29, 1.82) is 0 Å². The first-order chi connectivity index (χ1) is 12.2. The Morgan fingerprint density at radius 2 is 1.23 bits per heavy atom. The van der Waals surface area contributed by atoms with Crippen LogP contribution in [0.3, 0.4) is 0 Å². The fourth-order valence-corrected chi connectivity index (χ4v) is 3.02. The average molecular weight is 441 g/mol. The highest BCUT2D eigenvalue weighted by Gasteiger charge is 2.45. The lowest BCUT2D eigenvalue weighted by Crippen LogP contribution is -2.39. The monoisotopic (exact) mass is 440 g/mol. The first-order valence-electron chi connectivity index (χ1n) is 10.4. The van der Waals surface area contributed by atoms with Gasteiger partial charge in [-0.2, -0.15) is 0 Å². The van der Waals surface area contributed by atoms with Crippen molar-refractivity contribution in [3.63, 3.8) is 0 Å². The van der Waals surface area contributed by atoms with Gasteiger partial charge in [0, 0.05) is 19.8 Å². The van der Waals surface area contributed by atoms with Crippen LogP contribution in [0.15, 0.2) is 0 Å². The van der Waals surface area contributed by atoms with Crippen molar-refractivity contribution in [2.24, 2.45) is 0 Å². The Balaban J connectivity index is 0.00000625. The molecule has 0 aromatic carbocycles. The van der Waals surface area contributed by atoms with E-state index in [0.29, 0.717) is 19.8 Å². The predicted octanol–water partition coefficient (Wildman–Crippen LogP) is 4.64. The Morgan fingerprint density at radius 1 is 0.731 bits per heavy atom. The molecule has 1 fully saturated rings.